The Labute approximate surface area is 161 Å². The highest BCUT2D eigenvalue weighted by molar-refractivity contribution is 6.24. The van der Waals surface area contributed by atoms with E-state index in [4.69, 9.17) is 4.74 Å². The summed E-state index contributed by atoms with van der Waals surface area (Å²) >= 11 is 0. The van der Waals surface area contributed by atoms with Crippen LogP contribution in [-0.2, 0) is 9.59 Å². The van der Waals surface area contributed by atoms with Crippen molar-refractivity contribution >= 4 is 17.5 Å². The summed E-state index contributed by atoms with van der Waals surface area (Å²) in [5.41, 5.74) is 0.329. The van der Waals surface area contributed by atoms with Crippen molar-refractivity contribution in [1.29, 1.82) is 0 Å². The number of carbonyl (C=O) groups is 2. The van der Waals surface area contributed by atoms with Crippen molar-refractivity contribution in [2.45, 2.75) is 58.9 Å². The van der Waals surface area contributed by atoms with Crippen molar-refractivity contribution in [2.75, 3.05) is 11.9 Å². The van der Waals surface area contributed by atoms with Gasteiger partial charge in [0.15, 0.2) is 0 Å². The number of amides is 2. The lowest BCUT2D eigenvalue weighted by atomic mass is 10.0. The molecule has 0 saturated carbocycles. The molecular formula is C21H30N2O4. The molecule has 148 valence electrons. The number of ether oxygens (including phenoxy) is 1. The number of nitrogens with one attached hydrogen (secondary N) is 2. The molecule has 2 amide bonds. The van der Waals surface area contributed by atoms with Gasteiger partial charge in [0.05, 0.1) is 12.6 Å². The highest BCUT2D eigenvalue weighted by atomic mass is 16.5. The maximum absolute atomic E-state index is 12.4. The van der Waals surface area contributed by atoms with E-state index >= 15 is 0 Å². The van der Waals surface area contributed by atoms with E-state index < -0.39 is 17.9 Å². The summed E-state index contributed by atoms with van der Waals surface area (Å²) in [6.07, 6.45) is 5.16. The molecule has 0 bridgehead atoms. The Morgan fingerprint density at radius 3 is 2.56 bits per heavy atom. The second-order valence-corrected chi connectivity index (χ2v) is 7.30. The van der Waals surface area contributed by atoms with Gasteiger partial charge >= 0.3 is 0 Å². The Morgan fingerprint density at radius 2 is 1.93 bits per heavy atom. The molecule has 1 aromatic rings. The lowest BCUT2D eigenvalue weighted by Gasteiger charge is -2.13. The van der Waals surface area contributed by atoms with Crippen LogP contribution in [0.4, 0.5) is 5.69 Å². The summed E-state index contributed by atoms with van der Waals surface area (Å²) < 4.78 is 5.67. The molecule has 1 aromatic carbocycles. The molecule has 0 aliphatic carbocycles. The minimum Gasteiger partial charge on any atom is -0.509 e. The van der Waals surface area contributed by atoms with E-state index in [9.17, 15) is 14.7 Å². The topological polar surface area (TPSA) is 87.7 Å². The third-order valence-electron chi connectivity index (χ3n) is 4.43. The molecule has 0 fully saturated rings. The van der Waals surface area contributed by atoms with E-state index in [1.807, 2.05) is 13.8 Å². The number of hydrogen-bond donors (Lipinski definition) is 3. The van der Waals surface area contributed by atoms with Crippen molar-refractivity contribution in [3.05, 3.63) is 35.6 Å². The summed E-state index contributed by atoms with van der Waals surface area (Å²) in [6, 6.07) is 6.49. The molecule has 6 nitrogen and oxygen atoms in total. The second-order valence-electron chi connectivity index (χ2n) is 7.30. The zero-order valence-electron chi connectivity index (χ0n) is 16.4. The molecule has 2 rings (SSSR count). The highest BCUT2D eigenvalue weighted by Gasteiger charge is 2.36. The van der Waals surface area contributed by atoms with Crippen LogP contribution >= 0.6 is 0 Å². The number of unbranched alkanes of at least 4 members (excludes halogenated alkanes) is 3. The van der Waals surface area contributed by atoms with E-state index in [-0.39, 0.29) is 17.3 Å². The summed E-state index contributed by atoms with van der Waals surface area (Å²) in [5, 5.41) is 15.5. The minimum atomic E-state index is -0.607. The Kier molecular flexibility index (Phi) is 7.70. The largest absolute Gasteiger partial charge is 0.509 e. The van der Waals surface area contributed by atoms with Gasteiger partial charge in [-0.15, -0.1) is 0 Å². The van der Waals surface area contributed by atoms with Gasteiger partial charge in [0.1, 0.15) is 17.1 Å². The van der Waals surface area contributed by atoms with Gasteiger partial charge in [-0.2, -0.15) is 0 Å². The van der Waals surface area contributed by atoms with Gasteiger partial charge in [0.25, 0.3) is 11.8 Å². The number of benzene rings is 1. The lowest BCUT2D eigenvalue weighted by Crippen LogP contribution is -2.31. The minimum absolute atomic E-state index is 0.182. The molecule has 27 heavy (non-hydrogen) atoms. The standard InChI is InChI=1S/C21H30N2O4/c1-4-5-6-7-12-27-16-10-8-15(9-11-16)22-20(25)18-19(24)17(13-14(2)3)23-21(18)26/h8-11,14,17,24H,4-7,12-13H2,1-3H3,(H,22,25)(H,23,26). The van der Waals surface area contributed by atoms with Gasteiger partial charge in [-0.1, -0.05) is 40.0 Å². The molecule has 6 heteroatoms. The Bertz CT molecular complexity index is 680. The number of aliphatic hydroxyl groups is 1. The van der Waals surface area contributed by atoms with Crippen LogP contribution in [-0.4, -0.2) is 29.6 Å². The summed E-state index contributed by atoms with van der Waals surface area (Å²) in [4.78, 5) is 24.4. The monoisotopic (exact) mass is 374 g/mol. The smallest absolute Gasteiger partial charge is 0.264 e. The first-order chi connectivity index (χ1) is 12.9. The SMILES string of the molecule is CCCCCCOc1ccc(NC(=O)C2=C(O)C(CC(C)C)NC2=O)cc1. The predicted molar refractivity (Wildman–Crippen MR) is 106 cm³/mol. The fraction of sp³-hybridized carbons (Fsp3) is 0.524. The third-order valence-corrected chi connectivity index (χ3v) is 4.43. The predicted octanol–water partition coefficient (Wildman–Crippen LogP) is 3.94. The van der Waals surface area contributed by atoms with E-state index in [2.05, 4.69) is 17.6 Å². The Balaban J connectivity index is 1.91. The molecule has 1 aliphatic heterocycles. The molecule has 1 atom stereocenters. The number of aliphatic hydroxyl groups excluding tert-OH is 1. The van der Waals surface area contributed by atoms with Crippen molar-refractivity contribution in [3.63, 3.8) is 0 Å². The molecule has 1 heterocycles. The first-order valence-electron chi connectivity index (χ1n) is 9.70. The Morgan fingerprint density at radius 1 is 1.22 bits per heavy atom. The highest BCUT2D eigenvalue weighted by Crippen LogP contribution is 2.23. The van der Waals surface area contributed by atoms with Crippen molar-refractivity contribution in [2.24, 2.45) is 5.92 Å². The van der Waals surface area contributed by atoms with Crippen LogP contribution < -0.4 is 15.4 Å². The van der Waals surface area contributed by atoms with Gasteiger partial charge < -0.3 is 20.5 Å². The van der Waals surface area contributed by atoms with Gasteiger partial charge in [-0.05, 0) is 43.0 Å². The van der Waals surface area contributed by atoms with Gasteiger partial charge in [0.2, 0.25) is 0 Å². The normalized spacial score (nSPS) is 16.6. The zero-order valence-corrected chi connectivity index (χ0v) is 16.4. The van der Waals surface area contributed by atoms with Crippen LogP contribution in [0.25, 0.3) is 0 Å². The van der Waals surface area contributed by atoms with Gasteiger partial charge in [-0.25, -0.2) is 0 Å². The number of hydrogen-bond acceptors (Lipinski definition) is 4. The fourth-order valence-electron chi connectivity index (χ4n) is 3.00. The Hall–Kier alpha value is -2.50. The van der Waals surface area contributed by atoms with E-state index in [1.165, 1.54) is 12.8 Å². The fourth-order valence-corrected chi connectivity index (χ4v) is 3.00. The number of carbonyl (C=O) groups excluding carboxylic acids is 2. The van der Waals surface area contributed by atoms with E-state index in [0.29, 0.717) is 18.7 Å². The van der Waals surface area contributed by atoms with Crippen LogP contribution in [0.15, 0.2) is 35.6 Å². The average Bonchev–Trinajstić information content (AvgIpc) is 2.89. The summed E-state index contributed by atoms with van der Waals surface area (Å²) in [5.74, 6) is -0.304. The molecule has 0 radical (unpaired) electrons. The maximum Gasteiger partial charge on any atom is 0.264 e. The molecule has 3 N–H and O–H groups in total. The zero-order chi connectivity index (χ0) is 19.8. The quantitative estimate of drug-likeness (QED) is 0.427. The van der Waals surface area contributed by atoms with Gasteiger partial charge in [-0.3, -0.25) is 9.59 Å². The molecule has 1 unspecified atom stereocenters. The lowest BCUT2D eigenvalue weighted by molar-refractivity contribution is -0.120. The summed E-state index contributed by atoms with van der Waals surface area (Å²) in [6.45, 7) is 6.82. The van der Waals surface area contributed by atoms with Crippen LogP contribution in [0.2, 0.25) is 0 Å². The number of anilines is 1. The second kappa shape index (κ2) is 10.00. The van der Waals surface area contributed by atoms with Crippen LogP contribution in [0, 0.1) is 5.92 Å². The van der Waals surface area contributed by atoms with Crippen molar-refractivity contribution < 1.29 is 19.4 Å². The molecule has 0 spiro atoms. The van der Waals surface area contributed by atoms with Crippen LogP contribution in [0.3, 0.4) is 0 Å². The molecule has 1 aliphatic rings. The summed E-state index contributed by atoms with van der Waals surface area (Å²) in [7, 11) is 0. The van der Waals surface area contributed by atoms with E-state index in [0.717, 1.165) is 18.6 Å². The van der Waals surface area contributed by atoms with E-state index in [1.54, 1.807) is 24.3 Å². The van der Waals surface area contributed by atoms with Crippen LogP contribution in [0.5, 0.6) is 5.75 Å². The average molecular weight is 374 g/mol. The molecular weight excluding hydrogens is 344 g/mol. The maximum atomic E-state index is 12.4. The van der Waals surface area contributed by atoms with Crippen molar-refractivity contribution in [1.82, 2.24) is 5.32 Å². The van der Waals surface area contributed by atoms with Crippen LogP contribution in [0.1, 0.15) is 52.9 Å². The van der Waals surface area contributed by atoms with Crippen molar-refractivity contribution in [3.8, 4) is 5.75 Å². The first kappa shape index (κ1) is 20.8. The molecule has 0 aromatic heterocycles. The third kappa shape index (κ3) is 6.01. The number of rotatable bonds is 10. The molecule has 0 saturated heterocycles. The first-order valence-corrected chi connectivity index (χ1v) is 9.70. The van der Waals surface area contributed by atoms with Gasteiger partial charge in [0, 0.05) is 5.69 Å².